The lowest BCUT2D eigenvalue weighted by molar-refractivity contribution is 0.505. The maximum atomic E-state index is 5.56. The van der Waals surface area contributed by atoms with Gasteiger partial charge in [-0.05, 0) is 12.5 Å². The van der Waals surface area contributed by atoms with Gasteiger partial charge in [0.2, 0.25) is 0 Å². The summed E-state index contributed by atoms with van der Waals surface area (Å²) in [5, 5.41) is 0. The van der Waals surface area contributed by atoms with Gasteiger partial charge in [0.1, 0.15) is 5.82 Å². The number of allylic oxidation sites excluding steroid dienone is 3. The number of rotatable bonds is 1. The number of aliphatic imine (C=N–C) groups is 1. The predicted molar refractivity (Wildman–Crippen MR) is 58.5 cm³/mol. The maximum Gasteiger partial charge on any atom is 0.124 e. The summed E-state index contributed by atoms with van der Waals surface area (Å²) >= 11 is 0. The molecule has 3 nitrogen and oxygen atoms in total. The van der Waals surface area contributed by atoms with E-state index >= 15 is 0 Å². The number of nitrogens with zero attached hydrogens (tertiary/aromatic N) is 2. The smallest absolute Gasteiger partial charge is 0.124 e. The first-order valence-corrected chi connectivity index (χ1v) is 4.57. The highest BCUT2D eigenvalue weighted by molar-refractivity contribution is 5.78. The molecule has 0 spiro atoms. The topological polar surface area (TPSA) is 41.6 Å². The van der Waals surface area contributed by atoms with Crippen molar-refractivity contribution in [2.75, 3.05) is 14.1 Å². The molecule has 1 aliphatic heterocycles. The van der Waals surface area contributed by atoms with Gasteiger partial charge in [0, 0.05) is 19.8 Å². The molecule has 3 heteroatoms. The molecular weight excluding hydrogens is 162 g/mol. The second kappa shape index (κ2) is 6.29. The van der Waals surface area contributed by atoms with E-state index in [4.69, 9.17) is 5.73 Å². The van der Waals surface area contributed by atoms with Gasteiger partial charge in [-0.1, -0.05) is 19.9 Å². The van der Waals surface area contributed by atoms with E-state index in [1.165, 1.54) is 0 Å². The molecule has 13 heavy (non-hydrogen) atoms. The van der Waals surface area contributed by atoms with Crippen LogP contribution in [0.5, 0.6) is 0 Å². The van der Waals surface area contributed by atoms with Crippen molar-refractivity contribution < 1.29 is 0 Å². The monoisotopic (exact) mass is 181 g/mol. The molecule has 0 atom stereocenters. The first kappa shape index (κ1) is 11.8. The fourth-order valence-corrected chi connectivity index (χ4v) is 0.845. The van der Waals surface area contributed by atoms with E-state index in [1.54, 1.807) is 6.21 Å². The van der Waals surface area contributed by atoms with Crippen molar-refractivity contribution in [3.63, 3.8) is 0 Å². The lowest BCUT2D eigenvalue weighted by atomic mass is 10.3. The summed E-state index contributed by atoms with van der Waals surface area (Å²) in [5.74, 6) is 0.960. The Kier molecular flexibility index (Phi) is 5.68. The number of nitrogens with two attached hydrogens (primary N) is 1. The summed E-state index contributed by atoms with van der Waals surface area (Å²) in [6.07, 6.45) is 6.52. The molecule has 0 saturated carbocycles. The van der Waals surface area contributed by atoms with Crippen LogP contribution >= 0.6 is 0 Å². The van der Waals surface area contributed by atoms with Crippen molar-refractivity contribution in [2.45, 2.75) is 20.3 Å². The van der Waals surface area contributed by atoms with Gasteiger partial charge in [0.25, 0.3) is 0 Å². The Morgan fingerprint density at radius 3 is 2.46 bits per heavy atom. The van der Waals surface area contributed by atoms with Crippen LogP contribution in [0.4, 0.5) is 0 Å². The fraction of sp³-hybridized carbons (Fsp3) is 0.500. The van der Waals surface area contributed by atoms with Crippen LogP contribution in [0.3, 0.4) is 0 Å². The first-order chi connectivity index (χ1) is 6.20. The summed E-state index contributed by atoms with van der Waals surface area (Å²) in [6, 6.07) is 0. The summed E-state index contributed by atoms with van der Waals surface area (Å²) in [7, 11) is 3.93. The molecule has 1 rings (SSSR count). The zero-order chi connectivity index (χ0) is 10.3. The molecule has 2 N–H and O–H groups in total. The van der Waals surface area contributed by atoms with Crippen LogP contribution in [0.2, 0.25) is 0 Å². The quantitative estimate of drug-likeness (QED) is 0.669. The third-order valence-corrected chi connectivity index (χ3v) is 1.46. The van der Waals surface area contributed by atoms with Gasteiger partial charge >= 0.3 is 0 Å². The SMILES string of the molecule is CC.CN(C)C1=CCC=C(N)C=N1. The molecule has 0 fully saturated rings. The van der Waals surface area contributed by atoms with Gasteiger partial charge in [0.15, 0.2) is 0 Å². The average Bonchev–Trinajstić information content (AvgIpc) is 2.33. The zero-order valence-electron chi connectivity index (χ0n) is 8.91. The van der Waals surface area contributed by atoms with Crippen molar-refractivity contribution >= 4 is 6.21 Å². The van der Waals surface area contributed by atoms with E-state index < -0.39 is 0 Å². The third-order valence-electron chi connectivity index (χ3n) is 1.46. The van der Waals surface area contributed by atoms with Gasteiger partial charge in [-0.3, -0.25) is 0 Å². The van der Waals surface area contributed by atoms with Crippen LogP contribution in [0.15, 0.2) is 28.7 Å². The molecule has 0 aromatic carbocycles. The minimum Gasteiger partial charge on any atom is -0.398 e. The normalized spacial score (nSPS) is 14.8. The molecule has 0 saturated heterocycles. The van der Waals surface area contributed by atoms with E-state index in [0.29, 0.717) is 0 Å². The minimum absolute atomic E-state index is 0.734. The first-order valence-electron chi connectivity index (χ1n) is 4.57. The Morgan fingerprint density at radius 2 is 1.92 bits per heavy atom. The second-order valence-electron chi connectivity index (χ2n) is 2.65. The number of hydrogen-bond acceptors (Lipinski definition) is 3. The van der Waals surface area contributed by atoms with Crippen LogP contribution in [0, 0.1) is 0 Å². The fourth-order valence-electron chi connectivity index (χ4n) is 0.845. The molecule has 0 radical (unpaired) electrons. The second-order valence-corrected chi connectivity index (χ2v) is 2.65. The largest absolute Gasteiger partial charge is 0.398 e. The average molecular weight is 181 g/mol. The van der Waals surface area contributed by atoms with E-state index in [2.05, 4.69) is 4.99 Å². The molecule has 1 aliphatic rings. The Hall–Kier alpha value is -1.25. The van der Waals surface area contributed by atoms with Crippen LogP contribution < -0.4 is 5.73 Å². The Labute approximate surface area is 80.6 Å². The molecule has 0 aliphatic carbocycles. The van der Waals surface area contributed by atoms with E-state index in [1.807, 2.05) is 45.0 Å². The van der Waals surface area contributed by atoms with Gasteiger partial charge in [-0.25, -0.2) is 4.99 Å². The lowest BCUT2D eigenvalue weighted by Crippen LogP contribution is -2.09. The van der Waals surface area contributed by atoms with E-state index in [9.17, 15) is 0 Å². The Morgan fingerprint density at radius 1 is 1.31 bits per heavy atom. The minimum atomic E-state index is 0.734. The molecule has 0 aromatic rings. The number of hydrogen-bond donors (Lipinski definition) is 1. The van der Waals surface area contributed by atoms with Crippen molar-refractivity contribution in [3.05, 3.63) is 23.7 Å². The highest BCUT2D eigenvalue weighted by Crippen LogP contribution is 2.06. The van der Waals surface area contributed by atoms with Gasteiger partial charge < -0.3 is 10.6 Å². The van der Waals surface area contributed by atoms with Crippen LogP contribution in [0.1, 0.15) is 20.3 Å². The van der Waals surface area contributed by atoms with Gasteiger partial charge in [0.05, 0.1) is 6.21 Å². The highest BCUT2D eigenvalue weighted by atomic mass is 15.2. The lowest BCUT2D eigenvalue weighted by Gasteiger charge is -2.10. The molecule has 0 amide bonds. The molecule has 0 unspecified atom stereocenters. The standard InChI is InChI=1S/C8H13N3.C2H6/c1-11(2)8-5-3-4-7(9)6-10-8;1-2/h4-6H,3,9H2,1-2H3;1-2H3. The van der Waals surface area contributed by atoms with Crippen LogP contribution in [0.25, 0.3) is 0 Å². The Bertz CT molecular complexity index is 224. The van der Waals surface area contributed by atoms with E-state index in [-0.39, 0.29) is 0 Å². The summed E-state index contributed by atoms with van der Waals surface area (Å²) < 4.78 is 0. The van der Waals surface area contributed by atoms with Crippen LogP contribution in [-0.2, 0) is 0 Å². The molecule has 1 heterocycles. The van der Waals surface area contributed by atoms with Crippen LogP contribution in [-0.4, -0.2) is 25.2 Å². The highest BCUT2D eigenvalue weighted by Gasteiger charge is 1.97. The zero-order valence-corrected chi connectivity index (χ0v) is 8.91. The maximum absolute atomic E-state index is 5.56. The van der Waals surface area contributed by atoms with Crippen molar-refractivity contribution in [1.29, 1.82) is 0 Å². The molecule has 0 aromatic heterocycles. The van der Waals surface area contributed by atoms with Crippen molar-refractivity contribution in [1.82, 2.24) is 4.90 Å². The van der Waals surface area contributed by atoms with E-state index in [0.717, 1.165) is 17.9 Å². The summed E-state index contributed by atoms with van der Waals surface area (Å²) in [5.41, 5.74) is 6.29. The summed E-state index contributed by atoms with van der Waals surface area (Å²) in [6.45, 7) is 4.00. The molecular formula is C10H19N3. The Balaban J connectivity index is 0.000000671. The molecule has 0 bridgehead atoms. The van der Waals surface area contributed by atoms with Crippen molar-refractivity contribution in [2.24, 2.45) is 10.7 Å². The third kappa shape index (κ3) is 4.35. The summed E-state index contributed by atoms with van der Waals surface area (Å²) in [4.78, 5) is 6.13. The predicted octanol–water partition coefficient (Wildman–Crippen LogP) is 1.73. The molecule has 74 valence electrons. The van der Waals surface area contributed by atoms with Gasteiger partial charge in [-0.15, -0.1) is 0 Å². The van der Waals surface area contributed by atoms with Crippen molar-refractivity contribution in [3.8, 4) is 0 Å². The van der Waals surface area contributed by atoms with Gasteiger partial charge in [-0.2, -0.15) is 0 Å².